The first-order valence-electron chi connectivity index (χ1n) is 6.75. The van der Waals surface area contributed by atoms with E-state index in [0.29, 0.717) is 5.92 Å². The first-order valence-corrected chi connectivity index (χ1v) is 6.75. The van der Waals surface area contributed by atoms with Crippen LogP contribution in [0.4, 0.5) is 0 Å². The van der Waals surface area contributed by atoms with Crippen LogP contribution < -0.4 is 5.73 Å². The minimum absolute atomic E-state index is 0.0706. The highest BCUT2D eigenvalue weighted by Crippen LogP contribution is 2.36. The summed E-state index contributed by atoms with van der Waals surface area (Å²) in [5, 5.41) is 0. The number of hydrogen-bond acceptors (Lipinski definition) is 2. The quantitative estimate of drug-likeness (QED) is 0.849. The molecular formula is C15H21NO. The molecule has 17 heavy (non-hydrogen) atoms. The van der Waals surface area contributed by atoms with Gasteiger partial charge in [-0.2, -0.15) is 0 Å². The molecule has 1 aliphatic heterocycles. The minimum atomic E-state index is -0.0706. The van der Waals surface area contributed by atoms with Crippen LogP contribution in [0.25, 0.3) is 0 Å². The van der Waals surface area contributed by atoms with Crippen molar-refractivity contribution in [2.24, 2.45) is 5.73 Å². The molecule has 1 aliphatic carbocycles. The first-order chi connectivity index (χ1) is 8.28. The van der Waals surface area contributed by atoms with Crippen molar-refractivity contribution in [3.05, 3.63) is 35.4 Å². The molecule has 2 fully saturated rings. The maximum absolute atomic E-state index is 6.58. The van der Waals surface area contributed by atoms with Gasteiger partial charge in [0.1, 0.15) is 0 Å². The fourth-order valence-electron chi connectivity index (χ4n) is 3.00. The summed E-state index contributed by atoms with van der Waals surface area (Å²) >= 11 is 0. The van der Waals surface area contributed by atoms with Crippen molar-refractivity contribution in [2.75, 3.05) is 13.2 Å². The van der Waals surface area contributed by atoms with Gasteiger partial charge in [-0.25, -0.2) is 0 Å². The van der Waals surface area contributed by atoms with Gasteiger partial charge < -0.3 is 10.5 Å². The van der Waals surface area contributed by atoms with Gasteiger partial charge in [-0.05, 0) is 24.0 Å². The lowest BCUT2D eigenvalue weighted by Crippen LogP contribution is -2.38. The Hall–Kier alpha value is -0.860. The van der Waals surface area contributed by atoms with E-state index in [1.165, 1.54) is 30.4 Å². The van der Waals surface area contributed by atoms with Crippen LogP contribution in [-0.2, 0) is 10.3 Å². The van der Waals surface area contributed by atoms with Gasteiger partial charge in [0.05, 0.1) is 13.2 Å². The Kier molecular flexibility index (Phi) is 2.93. The highest BCUT2D eigenvalue weighted by Gasteiger charge is 2.30. The van der Waals surface area contributed by atoms with E-state index in [-0.39, 0.29) is 5.54 Å². The number of ether oxygens (including phenoxy) is 1. The molecule has 2 heteroatoms. The lowest BCUT2D eigenvalue weighted by molar-refractivity contribution is 0.00835. The molecule has 0 bridgehead atoms. The van der Waals surface area contributed by atoms with E-state index in [2.05, 4.69) is 24.3 Å². The third-order valence-electron chi connectivity index (χ3n) is 4.32. The van der Waals surface area contributed by atoms with Crippen LogP contribution in [0.5, 0.6) is 0 Å². The van der Waals surface area contributed by atoms with Gasteiger partial charge in [0.2, 0.25) is 0 Å². The Morgan fingerprint density at radius 2 is 1.88 bits per heavy atom. The third kappa shape index (κ3) is 2.12. The second kappa shape index (κ2) is 4.43. The Morgan fingerprint density at radius 3 is 2.53 bits per heavy atom. The fraction of sp³-hybridized carbons (Fsp3) is 0.600. The smallest absolute Gasteiger partial charge is 0.0557 e. The van der Waals surface area contributed by atoms with E-state index in [1.54, 1.807) is 0 Å². The van der Waals surface area contributed by atoms with Gasteiger partial charge in [-0.15, -0.1) is 0 Å². The highest BCUT2D eigenvalue weighted by atomic mass is 16.5. The standard InChI is InChI=1S/C15H21NO/c16-15(7-2-1-3-8-15)14-6-4-5-12(9-14)13-10-17-11-13/h4-6,9,13H,1-3,7-8,10-11,16H2. The summed E-state index contributed by atoms with van der Waals surface area (Å²) in [6, 6.07) is 8.89. The van der Waals surface area contributed by atoms with Gasteiger partial charge in [0.25, 0.3) is 0 Å². The van der Waals surface area contributed by atoms with Crippen molar-refractivity contribution >= 4 is 0 Å². The van der Waals surface area contributed by atoms with Crippen molar-refractivity contribution in [1.82, 2.24) is 0 Å². The molecule has 0 aromatic heterocycles. The lowest BCUT2D eigenvalue weighted by atomic mass is 9.76. The van der Waals surface area contributed by atoms with Gasteiger partial charge in [-0.1, -0.05) is 43.5 Å². The summed E-state index contributed by atoms with van der Waals surface area (Å²) in [5.41, 5.74) is 9.25. The van der Waals surface area contributed by atoms with Gasteiger partial charge in [0.15, 0.2) is 0 Å². The zero-order valence-electron chi connectivity index (χ0n) is 10.3. The molecule has 92 valence electrons. The van der Waals surface area contributed by atoms with Crippen LogP contribution >= 0.6 is 0 Å². The molecule has 2 aliphatic rings. The van der Waals surface area contributed by atoms with Gasteiger partial charge >= 0.3 is 0 Å². The van der Waals surface area contributed by atoms with Crippen LogP contribution in [0.3, 0.4) is 0 Å². The molecule has 1 aromatic rings. The monoisotopic (exact) mass is 231 g/mol. The Labute approximate surface area is 103 Å². The molecule has 1 saturated carbocycles. The molecule has 0 radical (unpaired) electrons. The second-order valence-corrected chi connectivity index (χ2v) is 5.58. The first kappa shape index (κ1) is 11.2. The normalized spacial score (nSPS) is 24.3. The molecule has 2 nitrogen and oxygen atoms in total. The SMILES string of the molecule is NC1(c2cccc(C3COC3)c2)CCCCC1. The fourth-order valence-corrected chi connectivity index (χ4v) is 3.00. The topological polar surface area (TPSA) is 35.2 Å². The van der Waals surface area contributed by atoms with E-state index >= 15 is 0 Å². The maximum Gasteiger partial charge on any atom is 0.0557 e. The number of nitrogens with two attached hydrogens (primary N) is 1. The van der Waals surface area contributed by atoms with Crippen molar-refractivity contribution < 1.29 is 4.74 Å². The minimum Gasteiger partial charge on any atom is -0.380 e. The average Bonchev–Trinajstić information content (AvgIpc) is 2.28. The molecule has 1 saturated heterocycles. The maximum atomic E-state index is 6.58. The van der Waals surface area contributed by atoms with Crippen LogP contribution in [-0.4, -0.2) is 13.2 Å². The Morgan fingerprint density at radius 1 is 1.12 bits per heavy atom. The molecule has 1 aromatic carbocycles. The molecule has 0 amide bonds. The summed E-state index contributed by atoms with van der Waals surface area (Å²) in [7, 11) is 0. The van der Waals surface area contributed by atoms with Crippen molar-refractivity contribution in [3.63, 3.8) is 0 Å². The molecule has 0 spiro atoms. The van der Waals surface area contributed by atoms with Crippen LogP contribution in [0, 0.1) is 0 Å². The Balaban J connectivity index is 1.86. The van der Waals surface area contributed by atoms with E-state index in [1.807, 2.05) is 0 Å². The molecular weight excluding hydrogens is 210 g/mol. The average molecular weight is 231 g/mol. The molecule has 0 unspecified atom stereocenters. The van der Waals surface area contributed by atoms with Crippen LogP contribution in [0.2, 0.25) is 0 Å². The molecule has 1 heterocycles. The summed E-state index contributed by atoms with van der Waals surface area (Å²) in [4.78, 5) is 0. The van der Waals surface area contributed by atoms with E-state index < -0.39 is 0 Å². The number of benzene rings is 1. The van der Waals surface area contributed by atoms with Crippen molar-refractivity contribution in [3.8, 4) is 0 Å². The molecule has 3 rings (SSSR count). The second-order valence-electron chi connectivity index (χ2n) is 5.58. The van der Waals surface area contributed by atoms with Gasteiger partial charge in [-0.3, -0.25) is 0 Å². The summed E-state index contributed by atoms with van der Waals surface area (Å²) in [5.74, 6) is 0.599. The van der Waals surface area contributed by atoms with Crippen molar-refractivity contribution in [1.29, 1.82) is 0 Å². The largest absolute Gasteiger partial charge is 0.380 e. The Bertz CT molecular complexity index is 392. The van der Waals surface area contributed by atoms with Crippen molar-refractivity contribution in [2.45, 2.75) is 43.6 Å². The predicted octanol–water partition coefficient (Wildman–Crippen LogP) is 2.92. The highest BCUT2D eigenvalue weighted by molar-refractivity contribution is 5.32. The summed E-state index contributed by atoms with van der Waals surface area (Å²) in [6.45, 7) is 1.75. The lowest BCUT2D eigenvalue weighted by Gasteiger charge is -2.35. The van der Waals surface area contributed by atoms with Gasteiger partial charge in [0, 0.05) is 11.5 Å². The van der Waals surface area contributed by atoms with E-state index in [0.717, 1.165) is 26.1 Å². The predicted molar refractivity (Wildman–Crippen MR) is 69.0 cm³/mol. The van der Waals surface area contributed by atoms with Crippen LogP contribution in [0.15, 0.2) is 24.3 Å². The third-order valence-corrected chi connectivity index (χ3v) is 4.32. The zero-order chi connectivity index (χ0) is 11.7. The number of rotatable bonds is 2. The zero-order valence-corrected chi connectivity index (χ0v) is 10.3. The van der Waals surface area contributed by atoms with Crippen LogP contribution in [0.1, 0.15) is 49.1 Å². The summed E-state index contributed by atoms with van der Waals surface area (Å²) < 4.78 is 5.27. The van der Waals surface area contributed by atoms with E-state index in [9.17, 15) is 0 Å². The molecule has 0 atom stereocenters. The molecule has 2 N–H and O–H groups in total. The van der Waals surface area contributed by atoms with E-state index in [4.69, 9.17) is 10.5 Å². The summed E-state index contributed by atoms with van der Waals surface area (Å²) in [6.07, 6.45) is 6.16. The number of hydrogen-bond donors (Lipinski definition) is 1.